The van der Waals surface area contributed by atoms with Crippen LogP contribution in [0.15, 0.2) is 53.4 Å². The first-order valence-corrected chi connectivity index (χ1v) is 10.7. The minimum absolute atomic E-state index is 0.0946. The highest BCUT2D eigenvalue weighted by Crippen LogP contribution is 2.22. The summed E-state index contributed by atoms with van der Waals surface area (Å²) in [7, 11) is -3.53. The summed E-state index contributed by atoms with van der Waals surface area (Å²) >= 11 is 0. The van der Waals surface area contributed by atoms with Gasteiger partial charge in [-0.1, -0.05) is 12.1 Å². The molecule has 1 aliphatic rings. The first-order chi connectivity index (χ1) is 14.4. The number of hydrogen-bond acceptors (Lipinski definition) is 6. The number of amides is 1. The van der Waals surface area contributed by atoms with Crippen LogP contribution in [0.1, 0.15) is 12.8 Å². The number of para-hydroxylation sites is 1. The minimum Gasteiger partial charge on any atom is -0.479 e. The highest BCUT2D eigenvalue weighted by atomic mass is 32.2. The molecule has 10 heteroatoms. The maximum atomic E-state index is 13.4. The lowest BCUT2D eigenvalue weighted by Crippen LogP contribution is -2.27. The molecule has 0 spiro atoms. The first-order valence-electron chi connectivity index (χ1n) is 9.29. The van der Waals surface area contributed by atoms with Crippen LogP contribution in [0.2, 0.25) is 0 Å². The molecule has 1 aliphatic heterocycles. The maximum absolute atomic E-state index is 13.4. The van der Waals surface area contributed by atoms with E-state index in [0.29, 0.717) is 18.8 Å². The van der Waals surface area contributed by atoms with Crippen molar-refractivity contribution in [1.82, 2.24) is 4.31 Å². The summed E-state index contributed by atoms with van der Waals surface area (Å²) in [6, 6.07) is 11.3. The van der Waals surface area contributed by atoms with Crippen LogP contribution in [0.3, 0.4) is 0 Å². The number of ether oxygens (including phenoxy) is 2. The van der Waals surface area contributed by atoms with Crippen LogP contribution in [0.5, 0.6) is 5.75 Å². The van der Waals surface area contributed by atoms with Crippen LogP contribution in [0.4, 0.5) is 10.1 Å². The molecule has 0 aliphatic carbocycles. The molecule has 3 rings (SSSR count). The second kappa shape index (κ2) is 9.68. The number of esters is 1. The summed E-state index contributed by atoms with van der Waals surface area (Å²) in [6.45, 7) is -0.0931. The van der Waals surface area contributed by atoms with Gasteiger partial charge in [-0.05, 0) is 49.2 Å². The first kappa shape index (κ1) is 21.7. The molecule has 2 aromatic rings. The Balaban J connectivity index is 1.45. The van der Waals surface area contributed by atoms with E-state index in [4.69, 9.17) is 9.47 Å². The van der Waals surface area contributed by atoms with E-state index in [1.165, 1.54) is 46.8 Å². The molecule has 0 bridgehead atoms. The van der Waals surface area contributed by atoms with Crippen molar-refractivity contribution in [3.8, 4) is 5.75 Å². The Morgan fingerprint density at radius 3 is 2.33 bits per heavy atom. The largest absolute Gasteiger partial charge is 0.479 e. The van der Waals surface area contributed by atoms with Crippen molar-refractivity contribution in [2.75, 3.05) is 31.6 Å². The van der Waals surface area contributed by atoms with Crippen LogP contribution in [-0.2, 0) is 24.3 Å². The summed E-state index contributed by atoms with van der Waals surface area (Å²) in [5.41, 5.74) is 0.360. The highest BCUT2D eigenvalue weighted by Gasteiger charge is 2.26. The van der Waals surface area contributed by atoms with Gasteiger partial charge in [0.25, 0.3) is 5.91 Å². The van der Waals surface area contributed by atoms with Crippen LogP contribution in [0.25, 0.3) is 0 Å². The number of carbonyl (C=O) groups is 2. The third-order valence-electron chi connectivity index (χ3n) is 4.39. The van der Waals surface area contributed by atoms with Gasteiger partial charge in [0.05, 0.1) is 4.90 Å². The van der Waals surface area contributed by atoms with Gasteiger partial charge >= 0.3 is 5.97 Å². The van der Waals surface area contributed by atoms with Gasteiger partial charge in [0.15, 0.2) is 24.8 Å². The predicted octanol–water partition coefficient (Wildman–Crippen LogP) is 2.17. The highest BCUT2D eigenvalue weighted by molar-refractivity contribution is 7.89. The molecule has 8 nitrogen and oxygen atoms in total. The molecule has 1 heterocycles. The van der Waals surface area contributed by atoms with Gasteiger partial charge in [-0.2, -0.15) is 4.31 Å². The van der Waals surface area contributed by atoms with E-state index in [1.807, 2.05) is 0 Å². The molecule has 160 valence electrons. The summed E-state index contributed by atoms with van der Waals surface area (Å²) in [5.74, 6) is -2.15. The molecule has 1 saturated heterocycles. The van der Waals surface area contributed by atoms with Crippen molar-refractivity contribution in [2.45, 2.75) is 17.7 Å². The lowest BCUT2D eigenvalue weighted by molar-refractivity contribution is -0.149. The quantitative estimate of drug-likeness (QED) is 0.637. The molecule has 1 N–H and O–H groups in total. The fourth-order valence-electron chi connectivity index (χ4n) is 2.87. The van der Waals surface area contributed by atoms with E-state index in [-0.39, 0.29) is 10.6 Å². The fourth-order valence-corrected chi connectivity index (χ4v) is 4.39. The van der Waals surface area contributed by atoms with E-state index < -0.39 is 40.9 Å². The number of benzene rings is 2. The Morgan fingerprint density at radius 2 is 1.67 bits per heavy atom. The van der Waals surface area contributed by atoms with Crippen LogP contribution >= 0.6 is 0 Å². The van der Waals surface area contributed by atoms with Crippen molar-refractivity contribution in [3.05, 3.63) is 54.3 Å². The van der Waals surface area contributed by atoms with Crippen molar-refractivity contribution in [1.29, 1.82) is 0 Å². The van der Waals surface area contributed by atoms with E-state index in [9.17, 15) is 22.4 Å². The summed E-state index contributed by atoms with van der Waals surface area (Å²) < 4.78 is 49.6. The second-order valence-electron chi connectivity index (χ2n) is 6.56. The minimum atomic E-state index is -3.53. The molecule has 0 radical (unpaired) electrons. The predicted molar refractivity (Wildman–Crippen MR) is 106 cm³/mol. The standard InChI is InChI=1S/C20H21FN2O6S/c21-17-5-1-2-6-18(17)28-14-20(25)29-13-19(24)22-15-7-9-16(10-8-15)30(26,27)23-11-3-4-12-23/h1-2,5-10H,3-4,11-14H2,(H,22,24). The zero-order chi connectivity index (χ0) is 21.6. The maximum Gasteiger partial charge on any atom is 0.344 e. The van der Waals surface area contributed by atoms with Gasteiger partial charge < -0.3 is 14.8 Å². The Kier molecular flexibility index (Phi) is 7.01. The van der Waals surface area contributed by atoms with Crippen LogP contribution in [0, 0.1) is 5.82 Å². The Bertz CT molecular complexity index is 1000. The average Bonchev–Trinajstić information content (AvgIpc) is 3.28. The van der Waals surface area contributed by atoms with Crippen molar-refractivity contribution in [2.24, 2.45) is 0 Å². The zero-order valence-corrected chi connectivity index (χ0v) is 16.9. The monoisotopic (exact) mass is 436 g/mol. The smallest absolute Gasteiger partial charge is 0.344 e. The number of hydrogen-bond donors (Lipinski definition) is 1. The summed E-state index contributed by atoms with van der Waals surface area (Å²) in [5, 5.41) is 2.50. The number of sulfonamides is 1. The third-order valence-corrected chi connectivity index (χ3v) is 6.30. The molecular formula is C20H21FN2O6S. The Labute approximate surface area is 173 Å². The number of halogens is 1. The molecular weight excluding hydrogens is 415 g/mol. The van der Waals surface area contributed by atoms with Crippen molar-refractivity contribution < 1.29 is 31.9 Å². The van der Waals surface area contributed by atoms with Crippen LogP contribution in [-0.4, -0.2) is 50.9 Å². The Hall–Kier alpha value is -2.98. The lowest BCUT2D eigenvalue weighted by Gasteiger charge is -2.15. The van der Waals surface area contributed by atoms with Crippen LogP contribution < -0.4 is 10.1 Å². The van der Waals surface area contributed by atoms with Gasteiger partial charge in [-0.25, -0.2) is 17.6 Å². The SMILES string of the molecule is O=C(COC(=O)COc1ccccc1F)Nc1ccc(S(=O)(=O)N2CCCC2)cc1. The van der Waals surface area contributed by atoms with Gasteiger partial charge in [0.2, 0.25) is 10.0 Å². The van der Waals surface area contributed by atoms with E-state index in [1.54, 1.807) is 6.07 Å². The Morgan fingerprint density at radius 1 is 1.00 bits per heavy atom. The second-order valence-corrected chi connectivity index (χ2v) is 8.50. The van der Waals surface area contributed by atoms with Crippen molar-refractivity contribution in [3.63, 3.8) is 0 Å². The number of nitrogens with zero attached hydrogens (tertiary/aromatic N) is 1. The van der Waals surface area contributed by atoms with E-state index in [0.717, 1.165) is 12.8 Å². The molecule has 1 amide bonds. The van der Waals surface area contributed by atoms with Crippen molar-refractivity contribution >= 4 is 27.6 Å². The zero-order valence-electron chi connectivity index (χ0n) is 16.0. The van der Waals surface area contributed by atoms with E-state index in [2.05, 4.69) is 5.32 Å². The molecule has 30 heavy (non-hydrogen) atoms. The number of carbonyl (C=O) groups excluding carboxylic acids is 2. The summed E-state index contributed by atoms with van der Waals surface area (Å²) in [4.78, 5) is 23.7. The fraction of sp³-hybridized carbons (Fsp3) is 0.300. The summed E-state index contributed by atoms with van der Waals surface area (Å²) in [6.07, 6.45) is 1.69. The van der Waals surface area contributed by atoms with Gasteiger partial charge in [0.1, 0.15) is 0 Å². The molecule has 1 fully saturated rings. The molecule has 0 atom stereocenters. The third kappa shape index (κ3) is 5.55. The molecule has 2 aromatic carbocycles. The number of nitrogens with one attached hydrogen (secondary N) is 1. The average molecular weight is 436 g/mol. The molecule has 0 aromatic heterocycles. The molecule has 0 saturated carbocycles. The van der Waals surface area contributed by atoms with Gasteiger partial charge in [0, 0.05) is 18.8 Å². The normalized spacial score (nSPS) is 14.3. The van der Waals surface area contributed by atoms with Gasteiger partial charge in [-0.15, -0.1) is 0 Å². The number of anilines is 1. The number of rotatable bonds is 8. The topological polar surface area (TPSA) is 102 Å². The molecule has 0 unspecified atom stereocenters. The lowest BCUT2D eigenvalue weighted by atomic mass is 10.3. The van der Waals surface area contributed by atoms with E-state index >= 15 is 0 Å². The van der Waals surface area contributed by atoms with Gasteiger partial charge in [-0.3, -0.25) is 4.79 Å².